The van der Waals surface area contributed by atoms with Crippen LogP contribution >= 0.6 is 0 Å². The highest BCUT2D eigenvalue weighted by atomic mass is 15.1. The number of para-hydroxylation sites is 2. The fourth-order valence-corrected chi connectivity index (χ4v) is 2.30. The Morgan fingerprint density at radius 3 is 2.72 bits per heavy atom. The summed E-state index contributed by atoms with van der Waals surface area (Å²) in [5.41, 5.74) is 2.14. The first-order chi connectivity index (χ1) is 8.83. The van der Waals surface area contributed by atoms with Gasteiger partial charge < -0.3 is 10.3 Å². The molecule has 18 heavy (non-hydrogen) atoms. The molecule has 98 valence electrons. The maximum Gasteiger partial charge on any atom is 0.201 e. The molecule has 0 bridgehead atoms. The van der Waals surface area contributed by atoms with Crippen molar-refractivity contribution >= 4 is 17.0 Å². The van der Waals surface area contributed by atoms with Crippen molar-refractivity contribution < 1.29 is 0 Å². The number of hydrogen-bond acceptors (Lipinski definition) is 2. The van der Waals surface area contributed by atoms with E-state index in [9.17, 15) is 0 Å². The van der Waals surface area contributed by atoms with Crippen LogP contribution in [0.4, 0.5) is 5.95 Å². The number of hydrogen-bond donors (Lipinski definition) is 2. The van der Waals surface area contributed by atoms with Gasteiger partial charge in [-0.05, 0) is 25.0 Å². The van der Waals surface area contributed by atoms with Crippen molar-refractivity contribution in [3.05, 3.63) is 24.3 Å². The molecule has 0 saturated heterocycles. The zero-order valence-corrected chi connectivity index (χ0v) is 11.4. The minimum atomic E-state index is 0.538. The number of H-pyrrole nitrogens is 1. The first-order valence-corrected chi connectivity index (χ1v) is 7.04. The molecular formula is C15H23N3. The summed E-state index contributed by atoms with van der Waals surface area (Å²) in [6, 6.07) is 8.69. The maximum absolute atomic E-state index is 4.58. The fourth-order valence-electron chi connectivity index (χ4n) is 2.30. The number of anilines is 1. The molecule has 0 radical (unpaired) electrons. The molecule has 1 heterocycles. The number of benzene rings is 1. The number of aromatic nitrogens is 2. The summed E-state index contributed by atoms with van der Waals surface area (Å²) in [4.78, 5) is 7.91. The lowest BCUT2D eigenvalue weighted by molar-refractivity contribution is 0.562. The van der Waals surface area contributed by atoms with Crippen LogP contribution in [0.3, 0.4) is 0 Å². The Labute approximate surface area is 109 Å². The Morgan fingerprint density at radius 2 is 2.00 bits per heavy atom. The third-order valence-electron chi connectivity index (χ3n) is 3.27. The average molecular weight is 245 g/mol. The highest BCUT2D eigenvalue weighted by molar-refractivity contribution is 5.77. The van der Waals surface area contributed by atoms with Gasteiger partial charge in [0, 0.05) is 6.04 Å². The molecule has 1 atom stereocenters. The van der Waals surface area contributed by atoms with Crippen LogP contribution in [-0.2, 0) is 0 Å². The van der Waals surface area contributed by atoms with Gasteiger partial charge in [-0.2, -0.15) is 0 Å². The number of nitrogens with one attached hydrogen (secondary N) is 2. The van der Waals surface area contributed by atoms with Crippen LogP contribution in [0, 0.1) is 0 Å². The zero-order valence-electron chi connectivity index (χ0n) is 11.4. The van der Waals surface area contributed by atoms with Gasteiger partial charge in [0.15, 0.2) is 0 Å². The molecule has 3 heteroatoms. The van der Waals surface area contributed by atoms with Crippen molar-refractivity contribution in [2.24, 2.45) is 0 Å². The molecule has 0 fully saturated rings. The van der Waals surface area contributed by atoms with E-state index < -0.39 is 0 Å². The summed E-state index contributed by atoms with van der Waals surface area (Å²) in [5.74, 6) is 0.908. The molecule has 0 aliphatic rings. The van der Waals surface area contributed by atoms with Crippen LogP contribution in [0.5, 0.6) is 0 Å². The molecule has 0 aliphatic heterocycles. The smallest absolute Gasteiger partial charge is 0.201 e. The SMILES string of the molecule is CCCCC(CCC)Nc1nc2ccccc2[nH]1. The average Bonchev–Trinajstić information content (AvgIpc) is 2.78. The minimum Gasteiger partial charge on any atom is -0.353 e. The lowest BCUT2D eigenvalue weighted by Gasteiger charge is -2.16. The van der Waals surface area contributed by atoms with Crippen molar-refractivity contribution in [2.75, 3.05) is 5.32 Å². The van der Waals surface area contributed by atoms with Gasteiger partial charge in [0.05, 0.1) is 11.0 Å². The summed E-state index contributed by atoms with van der Waals surface area (Å²) in [5, 5.41) is 3.54. The van der Waals surface area contributed by atoms with E-state index in [1.165, 1.54) is 32.1 Å². The Bertz CT molecular complexity index is 442. The number of aromatic amines is 1. The van der Waals surface area contributed by atoms with Gasteiger partial charge in [0.1, 0.15) is 0 Å². The third kappa shape index (κ3) is 3.25. The highest BCUT2D eigenvalue weighted by Crippen LogP contribution is 2.17. The second kappa shape index (κ2) is 6.43. The molecule has 2 aromatic rings. The largest absolute Gasteiger partial charge is 0.353 e. The Balaban J connectivity index is 2.05. The molecule has 2 N–H and O–H groups in total. The van der Waals surface area contributed by atoms with Crippen molar-refractivity contribution in [3.63, 3.8) is 0 Å². The van der Waals surface area contributed by atoms with Crippen molar-refractivity contribution in [1.29, 1.82) is 0 Å². The maximum atomic E-state index is 4.58. The Hall–Kier alpha value is -1.51. The minimum absolute atomic E-state index is 0.538. The number of fused-ring (bicyclic) bond motifs is 1. The monoisotopic (exact) mass is 245 g/mol. The van der Waals surface area contributed by atoms with Crippen LogP contribution in [0.15, 0.2) is 24.3 Å². The van der Waals surface area contributed by atoms with Gasteiger partial charge in [0.2, 0.25) is 5.95 Å². The number of rotatable bonds is 7. The van der Waals surface area contributed by atoms with Crippen molar-refractivity contribution in [1.82, 2.24) is 9.97 Å². The van der Waals surface area contributed by atoms with Crippen LogP contribution in [-0.4, -0.2) is 16.0 Å². The van der Waals surface area contributed by atoms with E-state index in [-0.39, 0.29) is 0 Å². The zero-order chi connectivity index (χ0) is 12.8. The first kappa shape index (κ1) is 12.9. The number of unbranched alkanes of at least 4 members (excludes halogenated alkanes) is 1. The van der Waals surface area contributed by atoms with E-state index >= 15 is 0 Å². The summed E-state index contributed by atoms with van der Waals surface area (Å²) in [7, 11) is 0. The topological polar surface area (TPSA) is 40.7 Å². The molecule has 0 aliphatic carbocycles. The first-order valence-electron chi connectivity index (χ1n) is 7.04. The Morgan fingerprint density at radius 1 is 1.17 bits per heavy atom. The van der Waals surface area contributed by atoms with Crippen LogP contribution in [0.2, 0.25) is 0 Å². The second-order valence-corrected chi connectivity index (χ2v) is 4.87. The van der Waals surface area contributed by atoms with E-state index in [0.29, 0.717) is 6.04 Å². The molecule has 0 amide bonds. The third-order valence-corrected chi connectivity index (χ3v) is 3.27. The van der Waals surface area contributed by atoms with Crippen molar-refractivity contribution in [3.8, 4) is 0 Å². The quantitative estimate of drug-likeness (QED) is 0.762. The van der Waals surface area contributed by atoms with Crippen molar-refractivity contribution in [2.45, 2.75) is 52.0 Å². The van der Waals surface area contributed by atoms with Gasteiger partial charge in [-0.1, -0.05) is 45.2 Å². The molecule has 2 rings (SSSR count). The standard InChI is InChI=1S/C15H23N3/c1-3-5-9-12(8-4-2)16-15-17-13-10-6-7-11-14(13)18-15/h6-7,10-12H,3-5,8-9H2,1-2H3,(H2,16,17,18). The predicted molar refractivity (Wildman–Crippen MR) is 77.9 cm³/mol. The second-order valence-electron chi connectivity index (χ2n) is 4.87. The van der Waals surface area contributed by atoms with E-state index in [0.717, 1.165) is 17.0 Å². The molecular weight excluding hydrogens is 222 g/mol. The normalized spacial score (nSPS) is 12.8. The van der Waals surface area contributed by atoms with Gasteiger partial charge in [-0.25, -0.2) is 4.98 Å². The summed E-state index contributed by atoms with van der Waals surface area (Å²) in [6.45, 7) is 4.48. The van der Waals surface area contributed by atoms with Gasteiger partial charge >= 0.3 is 0 Å². The molecule has 0 spiro atoms. The highest BCUT2D eigenvalue weighted by Gasteiger charge is 2.09. The van der Waals surface area contributed by atoms with E-state index in [1.54, 1.807) is 0 Å². The summed E-state index contributed by atoms with van der Waals surface area (Å²) in [6.07, 6.45) is 6.17. The molecule has 1 aromatic heterocycles. The molecule has 0 saturated carbocycles. The van der Waals surface area contributed by atoms with Gasteiger partial charge in [-0.3, -0.25) is 0 Å². The predicted octanol–water partition coefficient (Wildman–Crippen LogP) is 4.33. The van der Waals surface area contributed by atoms with Crippen LogP contribution in [0.1, 0.15) is 46.0 Å². The summed E-state index contributed by atoms with van der Waals surface area (Å²) < 4.78 is 0. The number of imidazole rings is 1. The van der Waals surface area contributed by atoms with Gasteiger partial charge in [0.25, 0.3) is 0 Å². The molecule has 1 unspecified atom stereocenters. The van der Waals surface area contributed by atoms with E-state index in [1.807, 2.05) is 18.2 Å². The fraction of sp³-hybridized carbons (Fsp3) is 0.533. The van der Waals surface area contributed by atoms with Crippen LogP contribution < -0.4 is 5.32 Å². The lowest BCUT2D eigenvalue weighted by Crippen LogP contribution is -2.19. The number of nitrogens with zero attached hydrogens (tertiary/aromatic N) is 1. The Kier molecular flexibility index (Phi) is 4.62. The van der Waals surface area contributed by atoms with Crippen LogP contribution in [0.25, 0.3) is 11.0 Å². The molecule has 3 nitrogen and oxygen atoms in total. The molecule has 1 aromatic carbocycles. The van der Waals surface area contributed by atoms with Gasteiger partial charge in [-0.15, -0.1) is 0 Å². The summed E-state index contributed by atoms with van der Waals surface area (Å²) >= 11 is 0. The van der Waals surface area contributed by atoms with E-state index in [2.05, 4.69) is 35.2 Å². The lowest BCUT2D eigenvalue weighted by atomic mass is 10.1. The van der Waals surface area contributed by atoms with E-state index in [4.69, 9.17) is 0 Å².